The maximum absolute atomic E-state index is 12.7. The van der Waals surface area contributed by atoms with Crippen LogP contribution in [-0.4, -0.2) is 80.5 Å². The van der Waals surface area contributed by atoms with Crippen LogP contribution in [0.3, 0.4) is 0 Å². The van der Waals surface area contributed by atoms with Crippen molar-refractivity contribution < 1.29 is 44.1 Å². The molecule has 0 aromatic carbocycles. The monoisotopic (exact) mass is 625 g/mol. The third kappa shape index (κ3) is 23.8. The van der Waals surface area contributed by atoms with Crippen molar-refractivity contribution in [2.75, 3.05) is 12.3 Å². The Balaban J connectivity index is 5.36. The smallest absolute Gasteiger partial charge is 0.322 e. The number of nitrogens with one attached hydrogen (secondary N) is 2. The maximum atomic E-state index is 12.7. The number of carbonyl (C=O) groups is 6. The minimum absolute atomic E-state index is 0.0881. The summed E-state index contributed by atoms with van der Waals surface area (Å²) in [4.78, 5) is 69.7. The molecule has 43 heavy (non-hydrogen) atoms. The van der Waals surface area contributed by atoms with E-state index in [1.807, 2.05) is 12.2 Å². The van der Waals surface area contributed by atoms with Gasteiger partial charge in [0.15, 0.2) is 5.78 Å². The predicted octanol–water partition coefficient (Wildman–Crippen LogP) is 3.21. The molecule has 0 spiro atoms. The fourth-order valence-corrected chi connectivity index (χ4v) is 4.80. The lowest BCUT2D eigenvalue weighted by molar-refractivity contribution is -0.139. The van der Waals surface area contributed by atoms with Gasteiger partial charge in [0.2, 0.25) is 11.8 Å². The van der Waals surface area contributed by atoms with Crippen molar-refractivity contribution in [1.82, 2.24) is 10.6 Å². The van der Waals surface area contributed by atoms with Crippen LogP contribution in [0.2, 0.25) is 0 Å². The lowest BCUT2D eigenvalue weighted by Gasteiger charge is -2.21. The summed E-state index contributed by atoms with van der Waals surface area (Å²) in [6, 6.07) is -2.32. The highest BCUT2D eigenvalue weighted by Gasteiger charge is 2.24. The Bertz CT molecular complexity index is 982. The Morgan fingerprint density at radius 3 is 2.19 bits per heavy atom. The van der Waals surface area contributed by atoms with E-state index in [1.165, 1.54) is 30.7 Å². The second-order valence-electron chi connectivity index (χ2n) is 9.93. The molecule has 0 saturated carbocycles. The number of amides is 2. The van der Waals surface area contributed by atoms with Crippen LogP contribution in [0, 0.1) is 0 Å². The van der Waals surface area contributed by atoms with E-state index in [9.17, 15) is 28.8 Å². The SMILES string of the molecule is CCCCC/C=C\C/C=C\C[C@@H](C/C=C\C(=O)CCCC(=O)O)SC[C@@H](NC(=O)CC[C@H](N)C(=O)O)C(=O)NCC(=O)O. The largest absolute Gasteiger partial charge is 0.481 e. The number of aliphatic carboxylic acids is 3. The van der Waals surface area contributed by atoms with Gasteiger partial charge in [-0.3, -0.25) is 28.8 Å². The van der Waals surface area contributed by atoms with E-state index in [4.69, 9.17) is 21.1 Å². The maximum Gasteiger partial charge on any atom is 0.322 e. The van der Waals surface area contributed by atoms with E-state index < -0.39 is 48.4 Å². The van der Waals surface area contributed by atoms with Gasteiger partial charge in [-0.05, 0) is 51.0 Å². The van der Waals surface area contributed by atoms with Crippen LogP contribution in [-0.2, 0) is 28.8 Å². The molecule has 0 unspecified atom stereocenters. The number of hydrogen-bond donors (Lipinski definition) is 6. The van der Waals surface area contributed by atoms with Gasteiger partial charge in [-0.15, -0.1) is 0 Å². The molecule has 0 aliphatic carbocycles. The van der Waals surface area contributed by atoms with Crippen LogP contribution in [0.4, 0.5) is 0 Å². The summed E-state index contributed by atoms with van der Waals surface area (Å²) < 4.78 is 0. The van der Waals surface area contributed by atoms with E-state index in [-0.39, 0.29) is 48.9 Å². The number of carbonyl (C=O) groups excluding carboxylic acids is 3. The quantitative estimate of drug-likeness (QED) is 0.0466. The Labute approximate surface area is 257 Å². The first kappa shape index (κ1) is 39.5. The molecule has 0 rings (SSSR count). The van der Waals surface area contributed by atoms with Crippen molar-refractivity contribution >= 4 is 47.3 Å². The van der Waals surface area contributed by atoms with Gasteiger partial charge in [-0.25, -0.2) is 0 Å². The van der Waals surface area contributed by atoms with Gasteiger partial charge >= 0.3 is 17.9 Å². The molecule has 0 saturated heterocycles. The van der Waals surface area contributed by atoms with E-state index in [0.717, 1.165) is 19.3 Å². The summed E-state index contributed by atoms with van der Waals surface area (Å²) in [5.41, 5.74) is 5.45. The first-order chi connectivity index (χ1) is 20.5. The van der Waals surface area contributed by atoms with Crippen molar-refractivity contribution in [3.8, 4) is 0 Å². The molecule has 13 heteroatoms. The van der Waals surface area contributed by atoms with Gasteiger partial charge in [0.25, 0.3) is 0 Å². The minimum atomic E-state index is -1.25. The Morgan fingerprint density at radius 2 is 1.53 bits per heavy atom. The van der Waals surface area contributed by atoms with Crippen LogP contribution >= 0.6 is 11.8 Å². The zero-order valence-electron chi connectivity index (χ0n) is 24.9. The fraction of sp³-hybridized carbons (Fsp3) is 0.600. The Morgan fingerprint density at radius 1 is 0.837 bits per heavy atom. The number of carboxylic acid groups (broad SMARTS) is 3. The van der Waals surface area contributed by atoms with Gasteiger partial charge in [0, 0.05) is 30.3 Å². The van der Waals surface area contributed by atoms with Gasteiger partial charge in [0.1, 0.15) is 18.6 Å². The molecule has 7 N–H and O–H groups in total. The van der Waals surface area contributed by atoms with E-state index in [0.29, 0.717) is 12.8 Å². The highest BCUT2D eigenvalue weighted by Crippen LogP contribution is 2.21. The average molecular weight is 626 g/mol. The molecule has 0 aliphatic heterocycles. The van der Waals surface area contributed by atoms with E-state index >= 15 is 0 Å². The van der Waals surface area contributed by atoms with Crippen molar-refractivity contribution in [2.24, 2.45) is 5.73 Å². The summed E-state index contributed by atoms with van der Waals surface area (Å²) in [7, 11) is 0. The summed E-state index contributed by atoms with van der Waals surface area (Å²) in [6.07, 6.45) is 17.7. The lowest BCUT2D eigenvalue weighted by Crippen LogP contribution is -2.49. The lowest BCUT2D eigenvalue weighted by atomic mass is 10.1. The number of nitrogens with two attached hydrogens (primary N) is 1. The normalized spacial score (nSPS) is 13.6. The highest BCUT2D eigenvalue weighted by atomic mass is 32.2. The molecule has 2 amide bonds. The number of hydrogen-bond acceptors (Lipinski definition) is 8. The number of unbranched alkanes of at least 4 members (excludes halogenated alkanes) is 3. The molecule has 0 aromatic rings. The first-order valence-electron chi connectivity index (χ1n) is 14.6. The van der Waals surface area contributed by atoms with Gasteiger partial charge in [0.05, 0.1) is 0 Å². The first-order valence-corrected chi connectivity index (χ1v) is 15.6. The summed E-state index contributed by atoms with van der Waals surface area (Å²) in [5, 5.41) is 31.3. The van der Waals surface area contributed by atoms with Crippen molar-refractivity contribution in [2.45, 2.75) is 101 Å². The molecule has 0 heterocycles. The topological polar surface area (TPSA) is 213 Å². The third-order valence-electron chi connectivity index (χ3n) is 6.06. The zero-order chi connectivity index (χ0) is 32.5. The summed E-state index contributed by atoms with van der Waals surface area (Å²) in [6.45, 7) is 1.52. The number of allylic oxidation sites excluding steroid dienone is 6. The van der Waals surface area contributed by atoms with Crippen LogP contribution in [0.15, 0.2) is 36.5 Å². The average Bonchev–Trinajstić information content (AvgIpc) is 2.94. The third-order valence-corrected chi connectivity index (χ3v) is 7.44. The summed E-state index contributed by atoms with van der Waals surface area (Å²) >= 11 is 1.36. The van der Waals surface area contributed by atoms with Crippen molar-refractivity contribution in [1.29, 1.82) is 0 Å². The second kappa shape index (κ2) is 25.1. The zero-order valence-corrected chi connectivity index (χ0v) is 25.7. The second-order valence-corrected chi connectivity index (χ2v) is 11.3. The molecular formula is C30H47N3O9S. The standard InChI is InChI=1S/C30H47N3O9S/c1-2-3-4-5-6-7-8-9-10-15-23(16-11-13-22(34)14-12-17-27(36)37)43-21-25(29(40)32-20-28(38)39)33-26(35)19-18-24(31)30(41)42/h6-7,9-11,13,23-25H,2-5,8,12,14-21,31H2,1H3,(H,32,40)(H,33,35)(H,36,37)(H,38,39)(H,41,42)/b7-6-,10-9-,13-11-/t23-,24-,25+/m0/s1. The van der Waals surface area contributed by atoms with Crippen LogP contribution in [0.1, 0.15) is 84.0 Å². The molecule has 0 bridgehead atoms. The molecule has 0 radical (unpaired) electrons. The van der Waals surface area contributed by atoms with Crippen molar-refractivity contribution in [3.05, 3.63) is 36.5 Å². The Hall–Kier alpha value is -3.45. The van der Waals surface area contributed by atoms with Crippen LogP contribution < -0.4 is 16.4 Å². The van der Waals surface area contributed by atoms with Crippen molar-refractivity contribution in [3.63, 3.8) is 0 Å². The minimum Gasteiger partial charge on any atom is -0.481 e. The molecule has 3 atom stereocenters. The van der Waals surface area contributed by atoms with Gasteiger partial charge < -0.3 is 31.7 Å². The predicted molar refractivity (Wildman–Crippen MR) is 166 cm³/mol. The summed E-state index contributed by atoms with van der Waals surface area (Å²) in [5.74, 6) is -4.85. The number of ketones is 1. The number of thioether (sulfide) groups is 1. The van der Waals surface area contributed by atoms with E-state index in [1.54, 1.807) is 6.08 Å². The molecule has 0 aromatic heterocycles. The van der Waals surface area contributed by atoms with Crippen LogP contribution in [0.25, 0.3) is 0 Å². The molecule has 242 valence electrons. The van der Waals surface area contributed by atoms with E-state index in [2.05, 4.69) is 29.7 Å². The molecule has 12 nitrogen and oxygen atoms in total. The molecular weight excluding hydrogens is 578 g/mol. The molecule has 0 aliphatic rings. The highest BCUT2D eigenvalue weighted by molar-refractivity contribution is 8.00. The number of carboxylic acids is 3. The fourth-order valence-electron chi connectivity index (χ4n) is 3.61. The van der Waals surface area contributed by atoms with Gasteiger partial charge in [-0.1, -0.05) is 50.1 Å². The molecule has 0 fully saturated rings. The number of rotatable bonds is 26. The van der Waals surface area contributed by atoms with Gasteiger partial charge in [-0.2, -0.15) is 11.8 Å². The van der Waals surface area contributed by atoms with Crippen LogP contribution in [0.5, 0.6) is 0 Å². The Kier molecular flexibility index (Phi) is 23.1.